The fourth-order valence-corrected chi connectivity index (χ4v) is 2.07. The normalized spacial score (nSPS) is 10.7. The van der Waals surface area contributed by atoms with Crippen LogP contribution in [-0.2, 0) is 6.42 Å². The molecule has 1 aromatic carbocycles. The molecule has 0 saturated carbocycles. The number of halogens is 1. The largest absolute Gasteiger partial charge is 0.397 e. The maximum absolute atomic E-state index is 5.95. The molecular formula is C11H11BrN2. The minimum atomic E-state index is 0.769. The molecule has 2 rings (SSSR count). The van der Waals surface area contributed by atoms with Crippen molar-refractivity contribution in [2.24, 2.45) is 0 Å². The van der Waals surface area contributed by atoms with Crippen LogP contribution in [0.3, 0.4) is 0 Å². The second-order valence-electron chi connectivity index (χ2n) is 3.18. The molecule has 0 unspecified atom stereocenters. The zero-order valence-corrected chi connectivity index (χ0v) is 9.51. The van der Waals surface area contributed by atoms with Crippen LogP contribution < -0.4 is 5.73 Å². The number of fused-ring (bicyclic) bond motifs is 1. The minimum Gasteiger partial charge on any atom is -0.397 e. The second-order valence-corrected chi connectivity index (χ2v) is 4.04. The highest BCUT2D eigenvalue weighted by Crippen LogP contribution is 2.30. The summed E-state index contributed by atoms with van der Waals surface area (Å²) in [6.45, 7) is 2.12. The lowest BCUT2D eigenvalue weighted by Gasteiger charge is -2.07. The zero-order chi connectivity index (χ0) is 10.1. The maximum atomic E-state index is 5.95. The van der Waals surface area contributed by atoms with E-state index in [9.17, 15) is 0 Å². The van der Waals surface area contributed by atoms with Crippen molar-refractivity contribution in [3.05, 3.63) is 34.4 Å². The molecule has 0 fully saturated rings. The Labute approximate surface area is 91.3 Å². The van der Waals surface area contributed by atoms with Gasteiger partial charge in [0.15, 0.2) is 0 Å². The Balaban J connectivity index is 2.89. The summed E-state index contributed by atoms with van der Waals surface area (Å²) in [7, 11) is 0. The highest BCUT2D eigenvalue weighted by atomic mass is 79.9. The van der Waals surface area contributed by atoms with E-state index in [0.717, 1.165) is 27.5 Å². The number of hydrogen-bond donors (Lipinski definition) is 1. The van der Waals surface area contributed by atoms with Gasteiger partial charge in [-0.1, -0.05) is 6.92 Å². The molecule has 1 aromatic heterocycles. The lowest BCUT2D eigenvalue weighted by atomic mass is 10.1. The van der Waals surface area contributed by atoms with Gasteiger partial charge < -0.3 is 5.73 Å². The Hall–Kier alpha value is -1.09. The molecule has 0 saturated heterocycles. The van der Waals surface area contributed by atoms with Gasteiger partial charge in [-0.05, 0) is 46.1 Å². The van der Waals surface area contributed by atoms with E-state index in [1.54, 1.807) is 6.20 Å². The summed E-state index contributed by atoms with van der Waals surface area (Å²) in [6, 6.07) is 5.96. The van der Waals surface area contributed by atoms with Crippen molar-refractivity contribution in [3.63, 3.8) is 0 Å². The Morgan fingerprint density at radius 1 is 1.50 bits per heavy atom. The number of nitrogens with zero attached hydrogens (tertiary/aromatic N) is 1. The number of aryl methyl sites for hydroxylation is 1. The first-order valence-corrected chi connectivity index (χ1v) is 5.35. The number of hydrogen-bond acceptors (Lipinski definition) is 2. The van der Waals surface area contributed by atoms with E-state index in [2.05, 4.69) is 27.8 Å². The molecule has 0 amide bonds. The van der Waals surface area contributed by atoms with Gasteiger partial charge in [-0.3, -0.25) is 4.98 Å². The lowest BCUT2D eigenvalue weighted by Crippen LogP contribution is -1.94. The van der Waals surface area contributed by atoms with E-state index >= 15 is 0 Å². The quantitative estimate of drug-likeness (QED) is 0.791. The SMILES string of the molecule is CCc1cc(Br)c(N)c2cccnc12. The maximum Gasteiger partial charge on any atom is 0.0755 e. The molecule has 3 heteroatoms. The van der Waals surface area contributed by atoms with Crippen molar-refractivity contribution in [3.8, 4) is 0 Å². The van der Waals surface area contributed by atoms with Crippen molar-refractivity contribution >= 4 is 32.5 Å². The van der Waals surface area contributed by atoms with Gasteiger partial charge >= 0.3 is 0 Å². The summed E-state index contributed by atoms with van der Waals surface area (Å²) in [5, 5.41) is 1.03. The molecule has 2 N–H and O–H groups in total. The van der Waals surface area contributed by atoms with Gasteiger partial charge in [-0.2, -0.15) is 0 Å². The summed E-state index contributed by atoms with van der Waals surface area (Å²) in [5.41, 5.74) is 8.96. The average Bonchev–Trinajstić information content (AvgIpc) is 2.23. The van der Waals surface area contributed by atoms with Crippen LogP contribution in [0.4, 0.5) is 5.69 Å². The predicted molar refractivity (Wildman–Crippen MR) is 63.2 cm³/mol. The van der Waals surface area contributed by atoms with Crippen molar-refractivity contribution in [1.29, 1.82) is 0 Å². The van der Waals surface area contributed by atoms with Crippen molar-refractivity contribution < 1.29 is 0 Å². The number of nitrogens with two attached hydrogens (primary N) is 1. The Kier molecular flexibility index (Phi) is 2.42. The summed E-state index contributed by atoms with van der Waals surface area (Å²) >= 11 is 3.46. The Morgan fingerprint density at radius 3 is 3.00 bits per heavy atom. The van der Waals surface area contributed by atoms with Crippen LogP contribution in [0.2, 0.25) is 0 Å². The fourth-order valence-electron chi connectivity index (χ4n) is 1.58. The van der Waals surface area contributed by atoms with Gasteiger partial charge in [0, 0.05) is 16.1 Å². The van der Waals surface area contributed by atoms with Crippen LogP contribution >= 0.6 is 15.9 Å². The molecule has 0 bridgehead atoms. The van der Waals surface area contributed by atoms with Gasteiger partial charge in [-0.15, -0.1) is 0 Å². The van der Waals surface area contributed by atoms with Gasteiger partial charge in [0.05, 0.1) is 11.2 Å². The van der Waals surface area contributed by atoms with Crippen molar-refractivity contribution in [2.75, 3.05) is 5.73 Å². The summed E-state index contributed by atoms with van der Waals surface area (Å²) < 4.78 is 0.954. The molecule has 2 nitrogen and oxygen atoms in total. The number of nitrogen functional groups attached to an aromatic ring is 1. The molecule has 0 spiro atoms. The Bertz CT molecular complexity index is 480. The fraction of sp³-hybridized carbons (Fsp3) is 0.182. The molecule has 72 valence electrons. The van der Waals surface area contributed by atoms with E-state index < -0.39 is 0 Å². The minimum absolute atomic E-state index is 0.769. The average molecular weight is 251 g/mol. The van der Waals surface area contributed by atoms with Gasteiger partial charge in [0.2, 0.25) is 0 Å². The van der Waals surface area contributed by atoms with Gasteiger partial charge in [-0.25, -0.2) is 0 Å². The van der Waals surface area contributed by atoms with E-state index in [-0.39, 0.29) is 0 Å². The van der Waals surface area contributed by atoms with Crippen LogP contribution in [0.25, 0.3) is 10.9 Å². The molecule has 0 radical (unpaired) electrons. The van der Waals surface area contributed by atoms with Crippen LogP contribution in [0, 0.1) is 0 Å². The van der Waals surface area contributed by atoms with Crippen LogP contribution in [0.15, 0.2) is 28.9 Å². The summed E-state index contributed by atoms with van der Waals surface area (Å²) in [5.74, 6) is 0. The zero-order valence-electron chi connectivity index (χ0n) is 7.92. The molecular weight excluding hydrogens is 240 g/mol. The highest BCUT2D eigenvalue weighted by Gasteiger charge is 2.07. The molecule has 14 heavy (non-hydrogen) atoms. The first kappa shape index (κ1) is 9.46. The molecule has 1 heterocycles. The van der Waals surface area contributed by atoms with E-state index in [1.807, 2.05) is 18.2 Å². The first-order chi connectivity index (χ1) is 6.74. The van der Waals surface area contributed by atoms with Crippen molar-refractivity contribution in [2.45, 2.75) is 13.3 Å². The number of benzene rings is 1. The predicted octanol–water partition coefficient (Wildman–Crippen LogP) is 3.14. The van der Waals surface area contributed by atoms with Crippen LogP contribution in [-0.4, -0.2) is 4.98 Å². The highest BCUT2D eigenvalue weighted by molar-refractivity contribution is 9.10. The van der Waals surface area contributed by atoms with E-state index in [0.29, 0.717) is 0 Å². The number of aromatic nitrogens is 1. The molecule has 0 atom stereocenters. The summed E-state index contributed by atoms with van der Waals surface area (Å²) in [4.78, 5) is 4.35. The third kappa shape index (κ3) is 1.38. The molecule has 2 aromatic rings. The third-order valence-electron chi connectivity index (χ3n) is 2.34. The number of rotatable bonds is 1. The van der Waals surface area contributed by atoms with E-state index in [4.69, 9.17) is 5.73 Å². The number of pyridine rings is 1. The summed E-state index contributed by atoms with van der Waals surface area (Å²) in [6.07, 6.45) is 2.77. The number of anilines is 1. The molecule has 0 aliphatic rings. The lowest BCUT2D eigenvalue weighted by molar-refractivity contribution is 1.14. The Morgan fingerprint density at radius 2 is 2.29 bits per heavy atom. The van der Waals surface area contributed by atoms with Gasteiger partial charge in [0.1, 0.15) is 0 Å². The molecule has 0 aliphatic carbocycles. The standard InChI is InChI=1S/C11H11BrN2/c1-2-7-6-9(12)10(13)8-4-3-5-14-11(7)8/h3-6H,2,13H2,1H3. The second kappa shape index (κ2) is 3.58. The molecule has 0 aliphatic heterocycles. The van der Waals surface area contributed by atoms with E-state index in [1.165, 1.54) is 5.56 Å². The smallest absolute Gasteiger partial charge is 0.0755 e. The third-order valence-corrected chi connectivity index (χ3v) is 3.00. The topological polar surface area (TPSA) is 38.9 Å². The first-order valence-electron chi connectivity index (χ1n) is 4.55. The van der Waals surface area contributed by atoms with Crippen LogP contribution in [0.5, 0.6) is 0 Å². The van der Waals surface area contributed by atoms with Crippen molar-refractivity contribution in [1.82, 2.24) is 4.98 Å². The van der Waals surface area contributed by atoms with Gasteiger partial charge in [0.25, 0.3) is 0 Å². The monoisotopic (exact) mass is 250 g/mol. The van der Waals surface area contributed by atoms with Crippen LogP contribution in [0.1, 0.15) is 12.5 Å².